The summed E-state index contributed by atoms with van der Waals surface area (Å²) in [7, 11) is 1.57. The van der Waals surface area contributed by atoms with E-state index >= 15 is 0 Å². The van der Waals surface area contributed by atoms with Gasteiger partial charge in [0.2, 0.25) is 0 Å². The number of thiocarbonyl (C=S) groups is 1. The minimum Gasteiger partial charge on any atom is -0.496 e. The van der Waals surface area contributed by atoms with Gasteiger partial charge in [-0.05, 0) is 57.6 Å². The van der Waals surface area contributed by atoms with Crippen LogP contribution in [0.1, 0.15) is 36.7 Å². The van der Waals surface area contributed by atoms with Crippen LogP contribution in [-0.4, -0.2) is 23.7 Å². The van der Waals surface area contributed by atoms with E-state index in [1.807, 2.05) is 33.8 Å². The van der Waals surface area contributed by atoms with Gasteiger partial charge in [-0.15, -0.1) is 0 Å². The predicted molar refractivity (Wildman–Crippen MR) is 83.8 cm³/mol. The Kier molecular flexibility index (Phi) is 5.33. The maximum atomic E-state index is 12.0. The lowest BCUT2D eigenvalue weighted by molar-refractivity contribution is 0.0943. The molecule has 1 amide bonds. The van der Waals surface area contributed by atoms with Crippen LogP contribution in [0.2, 0.25) is 0 Å². The number of methoxy groups -OCH3 is 1. The molecule has 110 valence electrons. The van der Waals surface area contributed by atoms with Gasteiger partial charge in [-0.1, -0.05) is 6.07 Å². The summed E-state index contributed by atoms with van der Waals surface area (Å²) in [4.78, 5) is 12.0. The van der Waals surface area contributed by atoms with Gasteiger partial charge < -0.3 is 10.1 Å². The van der Waals surface area contributed by atoms with Gasteiger partial charge in [0, 0.05) is 11.1 Å². The van der Waals surface area contributed by atoms with Crippen LogP contribution < -0.4 is 20.9 Å². The summed E-state index contributed by atoms with van der Waals surface area (Å²) in [5, 5.41) is 3.40. The van der Waals surface area contributed by atoms with E-state index < -0.39 is 0 Å². The van der Waals surface area contributed by atoms with E-state index in [4.69, 9.17) is 17.0 Å². The average Bonchev–Trinajstić information content (AvgIpc) is 2.34. The largest absolute Gasteiger partial charge is 0.496 e. The zero-order chi connectivity index (χ0) is 15.3. The van der Waals surface area contributed by atoms with Crippen LogP contribution in [-0.2, 0) is 0 Å². The number of hydrazine groups is 1. The lowest BCUT2D eigenvalue weighted by Crippen LogP contribution is -2.52. The summed E-state index contributed by atoms with van der Waals surface area (Å²) in [5.74, 6) is 0.398. The lowest BCUT2D eigenvalue weighted by Gasteiger charge is -2.23. The van der Waals surface area contributed by atoms with E-state index in [0.29, 0.717) is 16.4 Å². The van der Waals surface area contributed by atoms with Crippen molar-refractivity contribution in [3.63, 3.8) is 0 Å². The van der Waals surface area contributed by atoms with Crippen LogP contribution in [0.3, 0.4) is 0 Å². The molecule has 0 fully saturated rings. The highest BCUT2D eigenvalue weighted by atomic mass is 32.1. The van der Waals surface area contributed by atoms with Crippen molar-refractivity contribution < 1.29 is 9.53 Å². The molecule has 0 saturated heterocycles. The second-order valence-electron chi connectivity index (χ2n) is 5.47. The van der Waals surface area contributed by atoms with Crippen molar-refractivity contribution in [2.45, 2.75) is 33.2 Å². The Labute approximate surface area is 125 Å². The Morgan fingerprint density at radius 2 is 1.90 bits per heavy atom. The Morgan fingerprint density at radius 1 is 1.25 bits per heavy atom. The van der Waals surface area contributed by atoms with Gasteiger partial charge in [-0.25, -0.2) is 0 Å². The zero-order valence-corrected chi connectivity index (χ0v) is 13.3. The molecule has 0 spiro atoms. The summed E-state index contributed by atoms with van der Waals surface area (Å²) in [6.45, 7) is 7.86. The van der Waals surface area contributed by atoms with E-state index in [2.05, 4.69) is 16.2 Å². The van der Waals surface area contributed by atoms with Gasteiger partial charge in [0.05, 0.1) is 7.11 Å². The molecule has 0 bridgehead atoms. The molecule has 5 nitrogen and oxygen atoms in total. The van der Waals surface area contributed by atoms with E-state index in [9.17, 15) is 4.79 Å². The first-order chi connectivity index (χ1) is 9.23. The molecule has 0 heterocycles. The summed E-state index contributed by atoms with van der Waals surface area (Å²) >= 11 is 5.08. The molecular formula is C14H21N3O2S. The lowest BCUT2D eigenvalue weighted by atomic mass is 10.1. The minimum atomic E-state index is -0.277. The number of carbonyl (C=O) groups excluding carboxylic acids is 1. The van der Waals surface area contributed by atoms with Gasteiger partial charge in [0.1, 0.15) is 5.75 Å². The van der Waals surface area contributed by atoms with Crippen molar-refractivity contribution >= 4 is 23.2 Å². The maximum absolute atomic E-state index is 12.0. The first kappa shape index (κ1) is 16.2. The molecule has 0 aliphatic rings. The van der Waals surface area contributed by atoms with Crippen LogP contribution >= 0.6 is 12.2 Å². The number of hydrogen-bond donors (Lipinski definition) is 3. The van der Waals surface area contributed by atoms with Gasteiger partial charge in [0.25, 0.3) is 5.91 Å². The molecule has 0 saturated carbocycles. The van der Waals surface area contributed by atoms with Gasteiger partial charge in [-0.2, -0.15) is 0 Å². The molecule has 0 aliphatic heterocycles. The number of rotatable bonds is 2. The molecule has 0 radical (unpaired) electrons. The van der Waals surface area contributed by atoms with Crippen LogP contribution in [0, 0.1) is 6.92 Å². The van der Waals surface area contributed by atoms with E-state index in [-0.39, 0.29) is 11.4 Å². The second kappa shape index (κ2) is 6.56. The van der Waals surface area contributed by atoms with E-state index in [0.717, 1.165) is 5.56 Å². The highest BCUT2D eigenvalue weighted by molar-refractivity contribution is 7.80. The highest BCUT2D eigenvalue weighted by Gasteiger charge is 2.12. The number of hydrogen-bond acceptors (Lipinski definition) is 3. The van der Waals surface area contributed by atoms with Crippen LogP contribution in [0.15, 0.2) is 18.2 Å². The van der Waals surface area contributed by atoms with Crippen LogP contribution in [0.25, 0.3) is 0 Å². The predicted octanol–water partition coefficient (Wildman–Crippen LogP) is 1.91. The molecule has 3 N–H and O–H groups in total. The van der Waals surface area contributed by atoms with Crippen LogP contribution in [0.5, 0.6) is 5.75 Å². The number of aryl methyl sites for hydroxylation is 1. The fraction of sp³-hybridized carbons (Fsp3) is 0.429. The maximum Gasteiger partial charge on any atom is 0.269 e. The fourth-order valence-electron chi connectivity index (χ4n) is 1.52. The number of ether oxygens (including phenoxy) is 1. The number of benzene rings is 1. The fourth-order valence-corrected chi connectivity index (χ4v) is 1.88. The Bertz CT molecular complexity index is 510. The van der Waals surface area contributed by atoms with Gasteiger partial charge in [0.15, 0.2) is 5.11 Å². The Balaban J connectivity index is 2.61. The molecular weight excluding hydrogens is 274 g/mol. The molecule has 0 atom stereocenters. The van der Waals surface area contributed by atoms with Crippen molar-refractivity contribution in [1.29, 1.82) is 0 Å². The smallest absolute Gasteiger partial charge is 0.269 e. The average molecular weight is 295 g/mol. The van der Waals surface area contributed by atoms with Crippen LogP contribution in [0.4, 0.5) is 0 Å². The van der Waals surface area contributed by atoms with Crippen molar-refractivity contribution in [2.24, 2.45) is 0 Å². The highest BCUT2D eigenvalue weighted by Crippen LogP contribution is 2.18. The summed E-state index contributed by atoms with van der Waals surface area (Å²) < 4.78 is 5.19. The van der Waals surface area contributed by atoms with Gasteiger partial charge >= 0.3 is 0 Å². The number of carbonyl (C=O) groups is 1. The number of nitrogens with one attached hydrogen (secondary N) is 3. The third kappa shape index (κ3) is 5.05. The van der Waals surface area contributed by atoms with Crippen molar-refractivity contribution in [1.82, 2.24) is 16.2 Å². The minimum absolute atomic E-state index is 0.165. The SMILES string of the molecule is COc1cc(C(=O)NNC(=S)NC(C)(C)C)ccc1C. The number of amides is 1. The molecule has 0 aliphatic carbocycles. The summed E-state index contributed by atoms with van der Waals surface area (Å²) in [6.07, 6.45) is 0. The van der Waals surface area contributed by atoms with E-state index in [1.54, 1.807) is 19.2 Å². The Morgan fingerprint density at radius 3 is 2.45 bits per heavy atom. The van der Waals surface area contributed by atoms with Crippen molar-refractivity contribution in [2.75, 3.05) is 7.11 Å². The third-order valence-corrected chi connectivity index (χ3v) is 2.65. The second-order valence-corrected chi connectivity index (χ2v) is 5.88. The zero-order valence-electron chi connectivity index (χ0n) is 12.5. The normalized spacial score (nSPS) is 10.7. The molecule has 1 aromatic rings. The standard InChI is InChI=1S/C14H21N3O2S/c1-9-6-7-10(8-11(9)19-5)12(18)16-17-13(20)15-14(2,3)4/h6-8H,1-5H3,(H,16,18)(H2,15,17,20). The quantitative estimate of drug-likeness (QED) is 0.575. The van der Waals surface area contributed by atoms with E-state index in [1.165, 1.54) is 0 Å². The monoisotopic (exact) mass is 295 g/mol. The van der Waals surface area contributed by atoms with Crippen molar-refractivity contribution in [3.8, 4) is 5.75 Å². The first-order valence-corrected chi connectivity index (χ1v) is 6.67. The Hall–Kier alpha value is -1.82. The third-order valence-electron chi connectivity index (χ3n) is 2.45. The summed E-state index contributed by atoms with van der Waals surface area (Å²) in [5.41, 5.74) is 6.52. The summed E-state index contributed by atoms with van der Waals surface area (Å²) in [6, 6.07) is 5.25. The molecule has 0 unspecified atom stereocenters. The molecule has 1 aromatic carbocycles. The topological polar surface area (TPSA) is 62.4 Å². The molecule has 6 heteroatoms. The molecule has 20 heavy (non-hydrogen) atoms. The molecule has 0 aromatic heterocycles. The van der Waals surface area contributed by atoms with Crippen molar-refractivity contribution in [3.05, 3.63) is 29.3 Å². The van der Waals surface area contributed by atoms with Gasteiger partial charge in [-0.3, -0.25) is 15.6 Å². The first-order valence-electron chi connectivity index (χ1n) is 6.26. The molecule has 1 rings (SSSR count).